The molecule has 0 bridgehead atoms. The standard InChI is InChI=1S/C19H25NO5S/c1-3-4-5-8-19(21)20(15-18-7-6-13-24-18)14-16-9-11-17(12-10-16)25-26(2,22)23/h6-7,9-13H,3-5,8,14-15H2,1-2H3. The SMILES string of the molecule is CCCCCC(=O)N(Cc1ccc(OS(C)(=O)=O)cc1)Cc1ccco1. The maximum Gasteiger partial charge on any atom is 0.306 e. The summed E-state index contributed by atoms with van der Waals surface area (Å²) in [7, 11) is -3.55. The number of furan rings is 1. The van der Waals surface area contributed by atoms with Gasteiger partial charge in [0.15, 0.2) is 0 Å². The van der Waals surface area contributed by atoms with Crippen LogP contribution in [0.5, 0.6) is 5.75 Å². The van der Waals surface area contributed by atoms with E-state index in [1.807, 2.05) is 6.07 Å². The van der Waals surface area contributed by atoms with Crippen LogP contribution in [0.2, 0.25) is 0 Å². The number of benzene rings is 1. The summed E-state index contributed by atoms with van der Waals surface area (Å²) in [6, 6.07) is 10.3. The molecule has 7 heteroatoms. The minimum atomic E-state index is -3.55. The first-order chi connectivity index (χ1) is 12.4. The van der Waals surface area contributed by atoms with Crippen LogP contribution in [0.25, 0.3) is 0 Å². The lowest BCUT2D eigenvalue weighted by atomic mass is 10.1. The average molecular weight is 379 g/mol. The van der Waals surface area contributed by atoms with Crippen LogP contribution >= 0.6 is 0 Å². The molecule has 0 N–H and O–H groups in total. The summed E-state index contributed by atoms with van der Waals surface area (Å²) < 4.78 is 32.5. The summed E-state index contributed by atoms with van der Waals surface area (Å²) in [5.41, 5.74) is 0.890. The van der Waals surface area contributed by atoms with E-state index >= 15 is 0 Å². The van der Waals surface area contributed by atoms with Gasteiger partial charge in [-0.3, -0.25) is 4.79 Å². The molecule has 0 fully saturated rings. The number of rotatable bonds is 10. The maximum atomic E-state index is 12.6. The molecule has 1 aromatic carbocycles. The quantitative estimate of drug-likeness (QED) is 0.464. The predicted octanol–water partition coefficient (Wildman–Crippen LogP) is 3.73. The second-order valence-corrected chi connectivity index (χ2v) is 7.79. The molecule has 0 atom stereocenters. The van der Waals surface area contributed by atoms with Gasteiger partial charge in [-0.25, -0.2) is 0 Å². The molecule has 0 radical (unpaired) electrons. The summed E-state index contributed by atoms with van der Waals surface area (Å²) in [4.78, 5) is 14.3. The number of nitrogens with zero attached hydrogens (tertiary/aromatic N) is 1. The Hall–Kier alpha value is -2.28. The van der Waals surface area contributed by atoms with Crippen LogP contribution in [0.4, 0.5) is 0 Å². The molecule has 1 amide bonds. The fraction of sp³-hybridized carbons (Fsp3) is 0.421. The highest BCUT2D eigenvalue weighted by Gasteiger charge is 2.16. The van der Waals surface area contributed by atoms with Crippen molar-refractivity contribution in [2.45, 2.75) is 45.7 Å². The normalized spacial score (nSPS) is 11.3. The first kappa shape index (κ1) is 20.0. The summed E-state index contributed by atoms with van der Waals surface area (Å²) >= 11 is 0. The fourth-order valence-corrected chi connectivity index (χ4v) is 3.01. The van der Waals surface area contributed by atoms with Crippen LogP contribution in [0.15, 0.2) is 47.1 Å². The van der Waals surface area contributed by atoms with Crippen molar-refractivity contribution in [1.29, 1.82) is 0 Å². The zero-order valence-electron chi connectivity index (χ0n) is 15.2. The van der Waals surface area contributed by atoms with Gasteiger partial charge in [-0.2, -0.15) is 8.42 Å². The molecule has 0 aliphatic carbocycles. The minimum absolute atomic E-state index is 0.0753. The Balaban J connectivity index is 2.06. The zero-order chi connectivity index (χ0) is 19.0. The van der Waals surface area contributed by atoms with E-state index < -0.39 is 10.1 Å². The molecule has 2 aromatic rings. The molecular weight excluding hydrogens is 354 g/mol. The van der Waals surface area contributed by atoms with Gasteiger partial charge in [0, 0.05) is 13.0 Å². The molecule has 26 heavy (non-hydrogen) atoms. The summed E-state index contributed by atoms with van der Waals surface area (Å²) in [6.07, 6.45) is 6.05. The zero-order valence-corrected chi connectivity index (χ0v) is 16.0. The molecule has 0 saturated carbocycles. The number of amides is 1. The highest BCUT2D eigenvalue weighted by atomic mass is 32.2. The highest BCUT2D eigenvalue weighted by Crippen LogP contribution is 2.18. The van der Waals surface area contributed by atoms with E-state index in [1.165, 1.54) is 0 Å². The number of carbonyl (C=O) groups is 1. The van der Waals surface area contributed by atoms with E-state index in [0.29, 0.717) is 19.5 Å². The summed E-state index contributed by atoms with van der Waals surface area (Å²) in [6.45, 7) is 2.93. The smallest absolute Gasteiger partial charge is 0.306 e. The van der Waals surface area contributed by atoms with E-state index in [1.54, 1.807) is 41.5 Å². The lowest BCUT2D eigenvalue weighted by Crippen LogP contribution is -2.29. The van der Waals surface area contributed by atoms with Gasteiger partial charge in [0.25, 0.3) is 0 Å². The van der Waals surface area contributed by atoms with Crippen molar-refractivity contribution in [3.05, 3.63) is 54.0 Å². The molecule has 0 aliphatic heterocycles. The van der Waals surface area contributed by atoms with Gasteiger partial charge in [-0.05, 0) is 36.2 Å². The highest BCUT2D eigenvalue weighted by molar-refractivity contribution is 7.86. The first-order valence-electron chi connectivity index (χ1n) is 8.66. The molecule has 0 unspecified atom stereocenters. The van der Waals surface area contributed by atoms with Crippen molar-refractivity contribution in [3.63, 3.8) is 0 Å². The number of unbranched alkanes of at least 4 members (excludes halogenated alkanes) is 2. The molecule has 6 nitrogen and oxygen atoms in total. The molecule has 0 saturated heterocycles. The average Bonchev–Trinajstić information content (AvgIpc) is 3.08. The topological polar surface area (TPSA) is 76.8 Å². The van der Waals surface area contributed by atoms with Crippen molar-refractivity contribution in [1.82, 2.24) is 4.90 Å². The second kappa shape index (κ2) is 9.43. The van der Waals surface area contributed by atoms with Crippen LogP contribution < -0.4 is 4.18 Å². The van der Waals surface area contributed by atoms with Crippen molar-refractivity contribution >= 4 is 16.0 Å². The molecule has 0 aliphatic rings. The Bertz CT molecular complexity index is 782. The van der Waals surface area contributed by atoms with Crippen LogP contribution in [0, 0.1) is 0 Å². The number of hydrogen-bond acceptors (Lipinski definition) is 5. The van der Waals surface area contributed by atoms with E-state index in [0.717, 1.165) is 36.8 Å². The second-order valence-electron chi connectivity index (χ2n) is 6.22. The van der Waals surface area contributed by atoms with Crippen molar-refractivity contribution in [2.24, 2.45) is 0 Å². The number of carbonyl (C=O) groups excluding carboxylic acids is 1. The summed E-state index contributed by atoms with van der Waals surface area (Å²) in [5.74, 6) is 1.06. The van der Waals surface area contributed by atoms with Crippen LogP contribution in [0.3, 0.4) is 0 Å². The van der Waals surface area contributed by atoms with Crippen LogP contribution in [-0.4, -0.2) is 25.5 Å². The molecule has 0 spiro atoms. The molecular formula is C19H25NO5S. The largest absolute Gasteiger partial charge is 0.467 e. The molecule has 1 heterocycles. The fourth-order valence-electron chi connectivity index (χ4n) is 2.55. The van der Waals surface area contributed by atoms with Gasteiger partial charge in [0.1, 0.15) is 11.5 Å². The third kappa shape index (κ3) is 6.92. The number of hydrogen-bond donors (Lipinski definition) is 0. The Morgan fingerprint density at radius 1 is 1.12 bits per heavy atom. The van der Waals surface area contributed by atoms with Gasteiger partial charge in [0.05, 0.1) is 19.1 Å². The Labute approximate surface area is 154 Å². The monoisotopic (exact) mass is 379 g/mol. The minimum Gasteiger partial charge on any atom is -0.467 e. The van der Waals surface area contributed by atoms with Crippen LogP contribution in [0.1, 0.15) is 43.9 Å². The Kier molecular flexibility index (Phi) is 7.26. The maximum absolute atomic E-state index is 12.6. The summed E-state index contributed by atoms with van der Waals surface area (Å²) in [5, 5.41) is 0. The Morgan fingerprint density at radius 2 is 1.85 bits per heavy atom. The van der Waals surface area contributed by atoms with E-state index in [-0.39, 0.29) is 11.7 Å². The van der Waals surface area contributed by atoms with Gasteiger partial charge in [-0.15, -0.1) is 0 Å². The van der Waals surface area contributed by atoms with Gasteiger partial charge >= 0.3 is 10.1 Å². The molecule has 142 valence electrons. The molecule has 2 rings (SSSR count). The first-order valence-corrected chi connectivity index (χ1v) is 10.5. The van der Waals surface area contributed by atoms with Crippen molar-refractivity contribution in [3.8, 4) is 5.75 Å². The third-order valence-electron chi connectivity index (χ3n) is 3.82. The van der Waals surface area contributed by atoms with Crippen molar-refractivity contribution in [2.75, 3.05) is 6.26 Å². The van der Waals surface area contributed by atoms with E-state index in [9.17, 15) is 13.2 Å². The Morgan fingerprint density at radius 3 is 2.42 bits per heavy atom. The lowest BCUT2D eigenvalue weighted by molar-refractivity contribution is -0.132. The third-order valence-corrected chi connectivity index (χ3v) is 4.31. The van der Waals surface area contributed by atoms with Gasteiger partial charge in [-0.1, -0.05) is 31.9 Å². The van der Waals surface area contributed by atoms with Gasteiger partial charge in [0.2, 0.25) is 5.91 Å². The van der Waals surface area contributed by atoms with Gasteiger partial charge < -0.3 is 13.5 Å². The predicted molar refractivity (Wildman–Crippen MR) is 99.0 cm³/mol. The molecule has 1 aromatic heterocycles. The van der Waals surface area contributed by atoms with Crippen LogP contribution in [-0.2, 0) is 28.0 Å². The van der Waals surface area contributed by atoms with E-state index in [4.69, 9.17) is 8.60 Å². The lowest BCUT2D eigenvalue weighted by Gasteiger charge is -2.22. The van der Waals surface area contributed by atoms with E-state index in [2.05, 4.69) is 6.92 Å². The van der Waals surface area contributed by atoms with Crippen molar-refractivity contribution < 1.29 is 21.8 Å².